The van der Waals surface area contributed by atoms with Gasteiger partial charge in [-0.05, 0) is 0 Å². The molecule has 254 valence electrons. The van der Waals surface area contributed by atoms with E-state index in [0.29, 0.717) is 0 Å². The number of rotatable bonds is 6. The molecular weight excluding hydrogens is 788 g/mol. The van der Waals surface area contributed by atoms with Crippen LogP contribution in [0.4, 0.5) is 43.2 Å². The molecule has 2 aliphatic rings. The van der Waals surface area contributed by atoms with Crippen molar-refractivity contribution >= 4 is 116 Å². The molecule has 54 heavy (non-hydrogen) atoms. The van der Waals surface area contributed by atoms with Gasteiger partial charge in [0.15, 0.2) is 0 Å². The van der Waals surface area contributed by atoms with Crippen molar-refractivity contribution < 1.29 is 0 Å². The Bertz CT molecular complexity index is 2570. The molecule has 7 aromatic carbocycles. The van der Waals surface area contributed by atoms with Crippen LogP contribution in [0.2, 0.25) is 0 Å². The van der Waals surface area contributed by atoms with Crippen molar-refractivity contribution in [2.24, 2.45) is 0 Å². The average Bonchev–Trinajstić information content (AvgIpc) is 3.98. The SMILES string of the molecule is c1ccc(N2B(c3ccc(B4N(c5ccccc5)c5[se]c6ccccc6c5N4c4ccccc4)cc3)N(c3ccccc3)c3c2[se]c2ccccc32)cc1. The number of anilines is 8. The Hall–Kier alpha value is -5.61. The van der Waals surface area contributed by atoms with Gasteiger partial charge < -0.3 is 0 Å². The van der Waals surface area contributed by atoms with E-state index in [4.69, 9.17) is 0 Å². The molecule has 4 heterocycles. The molecule has 0 atom stereocenters. The van der Waals surface area contributed by atoms with Crippen LogP contribution in [0.5, 0.6) is 0 Å². The molecule has 8 heteroatoms. The van der Waals surface area contributed by atoms with Crippen molar-refractivity contribution in [2.75, 3.05) is 19.2 Å². The van der Waals surface area contributed by atoms with E-state index < -0.39 is 0 Å². The summed E-state index contributed by atoms with van der Waals surface area (Å²) in [7, 11) is 0. The van der Waals surface area contributed by atoms with Gasteiger partial charge in [-0.3, -0.25) is 0 Å². The Morgan fingerprint density at radius 1 is 0.296 bits per heavy atom. The minimum atomic E-state index is -0.0403. The predicted molar refractivity (Wildman–Crippen MR) is 233 cm³/mol. The molecule has 9 aromatic rings. The topological polar surface area (TPSA) is 13.0 Å². The van der Waals surface area contributed by atoms with Gasteiger partial charge in [0.25, 0.3) is 0 Å². The second kappa shape index (κ2) is 13.1. The van der Waals surface area contributed by atoms with E-state index >= 15 is 0 Å². The molecule has 0 saturated carbocycles. The summed E-state index contributed by atoms with van der Waals surface area (Å²) < 4.78 is 5.71. The standard InChI is InChI=1S/C46H32B2N4Se2/c1-5-17-35(18-6-1)49-43-39-25-13-15-27-41(39)53-45(43)51(37-21-9-3-10-22-37)47(49)33-29-31-34(32-30-33)48-50(36-19-7-2-8-20-36)44-40-26-14-16-28-42(40)54-46(44)52(48)38-23-11-4-12-24-38/h1-32H. The zero-order valence-corrected chi connectivity index (χ0v) is 32.7. The number of hydrogen-bond acceptors (Lipinski definition) is 4. The van der Waals surface area contributed by atoms with E-state index in [1.54, 1.807) is 0 Å². The average molecular weight is 820 g/mol. The van der Waals surface area contributed by atoms with Crippen molar-refractivity contribution in [2.45, 2.75) is 0 Å². The maximum absolute atomic E-state index is 2.61. The molecule has 2 aliphatic heterocycles. The molecule has 0 amide bonds. The van der Waals surface area contributed by atoms with E-state index in [9.17, 15) is 0 Å². The normalized spacial score (nSPS) is 13.7. The van der Waals surface area contributed by atoms with Crippen molar-refractivity contribution in [1.29, 1.82) is 0 Å². The van der Waals surface area contributed by atoms with Crippen LogP contribution in [0.3, 0.4) is 0 Å². The fraction of sp³-hybridized carbons (Fsp3) is 0. The van der Waals surface area contributed by atoms with Crippen LogP contribution in [0.1, 0.15) is 0 Å². The van der Waals surface area contributed by atoms with Gasteiger partial charge in [0.1, 0.15) is 0 Å². The van der Waals surface area contributed by atoms with Gasteiger partial charge in [-0.25, -0.2) is 0 Å². The van der Waals surface area contributed by atoms with Crippen LogP contribution in [-0.2, 0) is 0 Å². The molecule has 4 nitrogen and oxygen atoms in total. The van der Waals surface area contributed by atoms with Crippen LogP contribution in [0.25, 0.3) is 19.3 Å². The quantitative estimate of drug-likeness (QED) is 0.155. The van der Waals surface area contributed by atoms with E-state index in [2.05, 4.69) is 213 Å². The van der Waals surface area contributed by atoms with Crippen LogP contribution in [-0.4, -0.2) is 43.0 Å². The Kier molecular flexibility index (Phi) is 7.70. The van der Waals surface area contributed by atoms with E-state index in [1.807, 2.05) is 0 Å². The van der Waals surface area contributed by atoms with E-state index in [0.717, 1.165) is 0 Å². The molecule has 0 unspecified atom stereocenters. The molecule has 0 spiro atoms. The molecule has 0 fully saturated rings. The van der Waals surface area contributed by atoms with Crippen molar-refractivity contribution in [3.63, 3.8) is 0 Å². The minimum absolute atomic E-state index is 0.0403. The summed E-state index contributed by atoms with van der Waals surface area (Å²) in [6.45, 7) is -0.0806. The van der Waals surface area contributed by atoms with Crippen molar-refractivity contribution in [3.8, 4) is 0 Å². The molecular formula is C46H32B2N4Se2. The van der Waals surface area contributed by atoms with Crippen LogP contribution in [0.15, 0.2) is 194 Å². The molecule has 11 rings (SSSR count). The first-order valence-corrected chi connectivity index (χ1v) is 21.8. The number of benzene rings is 7. The Morgan fingerprint density at radius 2 is 0.593 bits per heavy atom. The first-order valence-electron chi connectivity index (χ1n) is 18.3. The number of hydrogen-bond donors (Lipinski definition) is 0. The summed E-state index contributed by atoms with van der Waals surface area (Å²) in [6.07, 6.45) is 0. The second-order valence-corrected chi connectivity index (χ2v) is 18.1. The summed E-state index contributed by atoms with van der Waals surface area (Å²) in [5.41, 5.74) is 10.0. The van der Waals surface area contributed by atoms with Crippen molar-refractivity contribution in [1.82, 2.24) is 0 Å². The Balaban J connectivity index is 1.09. The monoisotopic (exact) mass is 822 g/mol. The van der Waals surface area contributed by atoms with Crippen molar-refractivity contribution in [3.05, 3.63) is 194 Å². The second-order valence-electron chi connectivity index (χ2n) is 13.7. The fourth-order valence-electron chi connectivity index (χ4n) is 8.38. The molecule has 0 N–H and O–H groups in total. The summed E-state index contributed by atoms with van der Waals surface area (Å²) in [5, 5.41) is 2.70. The maximum atomic E-state index is 2.61. The first-order chi connectivity index (χ1) is 26.8. The molecule has 0 aliphatic carbocycles. The number of nitrogens with zero attached hydrogens (tertiary/aromatic N) is 4. The molecule has 0 saturated heterocycles. The zero-order valence-electron chi connectivity index (χ0n) is 29.2. The third-order valence-electron chi connectivity index (χ3n) is 10.7. The zero-order chi connectivity index (χ0) is 35.6. The van der Waals surface area contributed by atoms with Gasteiger partial charge >= 0.3 is 330 Å². The van der Waals surface area contributed by atoms with Crippen LogP contribution >= 0.6 is 0 Å². The van der Waals surface area contributed by atoms with Crippen LogP contribution < -0.4 is 30.2 Å². The summed E-state index contributed by atoms with van der Waals surface area (Å²) in [6, 6.07) is 71.4. The summed E-state index contributed by atoms with van der Waals surface area (Å²) in [5.74, 6) is 0. The van der Waals surface area contributed by atoms with Gasteiger partial charge in [-0.1, -0.05) is 0 Å². The predicted octanol–water partition coefficient (Wildman–Crippen LogP) is 9.48. The molecule has 0 bridgehead atoms. The first kappa shape index (κ1) is 31.9. The van der Waals surface area contributed by atoms with Gasteiger partial charge in [0, 0.05) is 0 Å². The third-order valence-corrected chi connectivity index (χ3v) is 15.5. The summed E-state index contributed by atoms with van der Waals surface area (Å²) >= 11 is 0.341. The van der Waals surface area contributed by atoms with Gasteiger partial charge in [0.05, 0.1) is 0 Å². The van der Waals surface area contributed by atoms with Crippen LogP contribution in [0, 0.1) is 0 Å². The summed E-state index contributed by atoms with van der Waals surface area (Å²) in [4.78, 5) is 10.4. The number of para-hydroxylation sites is 4. The number of fused-ring (bicyclic) bond motifs is 6. The fourth-order valence-corrected chi connectivity index (χ4v) is 13.6. The molecule has 0 radical (unpaired) electrons. The third kappa shape index (κ3) is 4.99. The van der Waals surface area contributed by atoms with E-state index in [-0.39, 0.29) is 43.0 Å². The van der Waals surface area contributed by atoms with Gasteiger partial charge in [0.2, 0.25) is 0 Å². The van der Waals surface area contributed by atoms with Gasteiger partial charge in [-0.2, -0.15) is 0 Å². The molecule has 2 aromatic heterocycles. The Morgan fingerprint density at radius 3 is 0.944 bits per heavy atom. The van der Waals surface area contributed by atoms with E-state index in [1.165, 1.54) is 73.5 Å². The van der Waals surface area contributed by atoms with Gasteiger partial charge in [-0.15, -0.1) is 0 Å². The Labute approximate surface area is 327 Å².